The van der Waals surface area contributed by atoms with Gasteiger partial charge in [-0.15, -0.1) is 11.3 Å². The van der Waals surface area contributed by atoms with Crippen LogP contribution in [0.3, 0.4) is 0 Å². The van der Waals surface area contributed by atoms with Crippen molar-refractivity contribution in [1.82, 2.24) is 14.5 Å². The summed E-state index contributed by atoms with van der Waals surface area (Å²) >= 11 is 1.57. The SMILES string of the molecule is CN1C(=O)c2ccc(NC(=O)COC(=O)CCn3cnc4sc5c(c4c3=O)CCCC5)cc2C1=O. The zero-order valence-corrected chi connectivity index (χ0v) is 19.8. The smallest absolute Gasteiger partial charge is 0.308 e. The highest BCUT2D eigenvalue weighted by Crippen LogP contribution is 2.33. The van der Waals surface area contributed by atoms with Gasteiger partial charge in [0.15, 0.2) is 6.61 Å². The van der Waals surface area contributed by atoms with E-state index in [1.807, 2.05) is 0 Å². The Hall–Kier alpha value is -3.86. The lowest BCUT2D eigenvalue weighted by molar-refractivity contribution is -0.147. The minimum absolute atomic E-state index is 0.0888. The maximum Gasteiger partial charge on any atom is 0.308 e. The summed E-state index contributed by atoms with van der Waals surface area (Å²) in [4.78, 5) is 68.7. The number of amides is 3. The van der Waals surface area contributed by atoms with E-state index in [1.54, 1.807) is 11.3 Å². The van der Waals surface area contributed by atoms with E-state index in [2.05, 4.69) is 10.3 Å². The zero-order chi connectivity index (χ0) is 24.7. The van der Waals surface area contributed by atoms with Crippen LogP contribution in [0.4, 0.5) is 5.69 Å². The highest BCUT2D eigenvalue weighted by Gasteiger charge is 2.32. The second-order valence-corrected chi connectivity index (χ2v) is 9.61. The number of fused-ring (bicyclic) bond motifs is 4. The molecule has 0 radical (unpaired) electrons. The largest absolute Gasteiger partial charge is 0.456 e. The van der Waals surface area contributed by atoms with Crippen molar-refractivity contribution in [2.24, 2.45) is 0 Å². The molecule has 0 saturated carbocycles. The van der Waals surface area contributed by atoms with Crippen molar-refractivity contribution in [3.8, 4) is 0 Å². The number of aryl methyl sites for hydroxylation is 3. The summed E-state index contributed by atoms with van der Waals surface area (Å²) in [5.41, 5.74) is 1.72. The molecule has 1 aliphatic carbocycles. The highest BCUT2D eigenvalue weighted by atomic mass is 32.1. The van der Waals surface area contributed by atoms with E-state index in [9.17, 15) is 24.0 Å². The Labute approximate surface area is 203 Å². The lowest BCUT2D eigenvalue weighted by Crippen LogP contribution is -2.25. The Kier molecular flexibility index (Phi) is 5.93. The van der Waals surface area contributed by atoms with Crippen molar-refractivity contribution in [1.29, 1.82) is 0 Å². The number of imide groups is 1. The summed E-state index contributed by atoms with van der Waals surface area (Å²) in [6, 6.07) is 4.38. The van der Waals surface area contributed by atoms with Crippen LogP contribution >= 0.6 is 11.3 Å². The number of nitrogens with zero attached hydrogens (tertiary/aromatic N) is 3. The molecule has 1 N–H and O–H groups in total. The zero-order valence-electron chi connectivity index (χ0n) is 19.0. The third-order valence-electron chi connectivity index (χ3n) is 6.24. The van der Waals surface area contributed by atoms with Crippen molar-refractivity contribution in [2.45, 2.75) is 38.6 Å². The number of aromatic nitrogens is 2. The van der Waals surface area contributed by atoms with Gasteiger partial charge in [-0.2, -0.15) is 0 Å². The number of nitrogens with one attached hydrogen (secondary N) is 1. The Morgan fingerprint density at radius 3 is 2.71 bits per heavy atom. The van der Waals surface area contributed by atoms with Gasteiger partial charge < -0.3 is 10.1 Å². The van der Waals surface area contributed by atoms with E-state index < -0.39 is 30.3 Å². The number of carbonyl (C=O) groups is 4. The van der Waals surface area contributed by atoms with Crippen molar-refractivity contribution in [3.05, 3.63) is 56.4 Å². The summed E-state index contributed by atoms with van der Waals surface area (Å²) in [6.07, 6.45) is 5.38. The summed E-state index contributed by atoms with van der Waals surface area (Å²) in [5.74, 6) is -2.06. The van der Waals surface area contributed by atoms with Crippen molar-refractivity contribution < 1.29 is 23.9 Å². The molecule has 5 rings (SSSR count). The Bertz CT molecular complexity index is 1460. The number of benzene rings is 1. The molecule has 3 aromatic rings. The number of carbonyl (C=O) groups excluding carboxylic acids is 4. The topological polar surface area (TPSA) is 128 Å². The molecule has 3 heterocycles. The molecular weight excluding hydrogens is 472 g/mol. The normalized spacial score (nSPS) is 14.7. The second kappa shape index (κ2) is 9.06. The van der Waals surface area contributed by atoms with E-state index in [-0.39, 0.29) is 29.7 Å². The first-order valence-corrected chi connectivity index (χ1v) is 12.1. The van der Waals surface area contributed by atoms with Crippen LogP contribution in [0.2, 0.25) is 0 Å². The quantitative estimate of drug-likeness (QED) is 0.411. The number of thiophene rings is 1. The first-order chi connectivity index (χ1) is 16.8. The van der Waals surface area contributed by atoms with Crippen LogP contribution in [0.25, 0.3) is 10.2 Å². The van der Waals surface area contributed by atoms with Crippen LogP contribution in [-0.4, -0.2) is 51.8 Å². The van der Waals surface area contributed by atoms with E-state index >= 15 is 0 Å². The molecule has 2 aliphatic rings. The molecule has 0 spiro atoms. The van der Waals surface area contributed by atoms with Crippen molar-refractivity contribution in [2.75, 3.05) is 19.0 Å². The van der Waals surface area contributed by atoms with Gasteiger partial charge in [0.05, 0.1) is 29.3 Å². The minimum Gasteiger partial charge on any atom is -0.456 e. The molecule has 35 heavy (non-hydrogen) atoms. The molecule has 180 valence electrons. The van der Waals surface area contributed by atoms with Crippen molar-refractivity contribution >= 4 is 50.9 Å². The number of hydrogen-bond donors (Lipinski definition) is 1. The van der Waals surface area contributed by atoms with Gasteiger partial charge in [0.25, 0.3) is 23.3 Å². The van der Waals surface area contributed by atoms with Crippen LogP contribution in [0.15, 0.2) is 29.3 Å². The van der Waals surface area contributed by atoms with Crippen LogP contribution < -0.4 is 10.9 Å². The first kappa shape index (κ1) is 22.9. The van der Waals surface area contributed by atoms with E-state index in [0.29, 0.717) is 11.1 Å². The lowest BCUT2D eigenvalue weighted by Gasteiger charge is -2.10. The molecule has 3 amide bonds. The van der Waals surface area contributed by atoms with Crippen LogP contribution in [0, 0.1) is 0 Å². The third kappa shape index (κ3) is 4.23. The van der Waals surface area contributed by atoms with Gasteiger partial charge in [0, 0.05) is 24.2 Å². The molecule has 1 aliphatic heterocycles. The number of hydrogen-bond acceptors (Lipinski definition) is 8. The molecule has 0 unspecified atom stereocenters. The predicted octanol–water partition coefficient (Wildman–Crippen LogP) is 2.13. The molecule has 11 heteroatoms. The van der Waals surface area contributed by atoms with E-state index in [1.165, 1.54) is 41.0 Å². The number of rotatable bonds is 6. The molecule has 0 fully saturated rings. The summed E-state index contributed by atoms with van der Waals surface area (Å²) in [5, 5.41) is 3.20. The van der Waals surface area contributed by atoms with Gasteiger partial charge in [-0.25, -0.2) is 4.98 Å². The average molecular weight is 495 g/mol. The van der Waals surface area contributed by atoms with Gasteiger partial charge in [-0.05, 0) is 49.4 Å². The molecule has 2 aromatic heterocycles. The molecule has 0 atom stereocenters. The first-order valence-electron chi connectivity index (χ1n) is 11.2. The summed E-state index contributed by atoms with van der Waals surface area (Å²) < 4.78 is 6.44. The van der Waals surface area contributed by atoms with E-state index in [0.717, 1.165) is 41.0 Å². The highest BCUT2D eigenvalue weighted by molar-refractivity contribution is 7.18. The van der Waals surface area contributed by atoms with Crippen LogP contribution in [0.5, 0.6) is 0 Å². The predicted molar refractivity (Wildman–Crippen MR) is 128 cm³/mol. The Morgan fingerprint density at radius 2 is 1.89 bits per heavy atom. The second-order valence-electron chi connectivity index (χ2n) is 8.52. The van der Waals surface area contributed by atoms with Gasteiger partial charge >= 0.3 is 5.97 Å². The molecule has 10 nitrogen and oxygen atoms in total. The maximum absolute atomic E-state index is 13.0. The fourth-order valence-electron chi connectivity index (χ4n) is 4.41. The number of anilines is 1. The van der Waals surface area contributed by atoms with Crippen LogP contribution in [0.1, 0.15) is 50.4 Å². The van der Waals surface area contributed by atoms with Gasteiger partial charge in [0.1, 0.15) is 4.83 Å². The minimum atomic E-state index is -0.629. The summed E-state index contributed by atoms with van der Waals surface area (Å²) in [6.45, 7) is -0.422. The summed E-state index contributed by atoms with van der Waals surface area (Å²) in [7, 11) is 1.39. The fourth-order valence-corrected chi connectivity index (χ4v) is 5.63. The standard InChI is InChI=1S/C24H22N4O6S/c1-27-22(31)14-7-6-13(10-16(14)23(27)32)26-18(29)11-34-19(30)8-9-28-12-25-21-20(24(28)33)15-4-2-3-5-17(15)35-21/h6-7,10,12H,2-5,8-9,11H2,1H3,(H,26,29). The van der Waals surface area contributed by atoms with Crippen molar-refractivity contribution in [3.63, 3.8) is 0 Å². The molecule has 1 aromatic carbocycles. The lowest BCUT2D eigenvalue weighted by atomic mass is 9.97. The van der Waals surface area contributed by atoms with Crippen LogP contribution in [-0.2, 0) is 33.7 Å². The Balaban J connectivity index is 1.16. The van der Waals surface area contributed by atoms with Gasteiger partial charge in [0.2, 0.25) is 0 Å². The molecule has 0 saturated heterocycles. The molecular formula is C24H22N4O6S. The fraction of sp³-hybridized carbons (Fsp3) is 0.333. The Morgan fingerprint density at radius 1 is 1.11 bits per heavy atom. The molecule has 0 bridgehead atoms. The number of esters is 1. The third-order valence-corrected chi connectivity index (χ3v) is 7.44. The average Bonchev–Trinajstić information content (AvgIpc) is 3.34. The van der Waals surface area contributed by atoms with Gasteiger partial charge in [-0.3, -0.25) is 33.4 Å². The van der Waals surface area contributed by atoms with E-state index in [4.69, 9.17) is 4.74 Å². The number of ether oxygens (including phenoxy) is 1. The maximum atomic E-state index is 13.0. The monoisotopic (exact) mass is 494 g/mol. The van der Waals surface area contributed by atoms with Gasteiger partial charge in [-0.1, -0.05) is 0 Å².